The molecular formula is C17H21N5OS. The van der Waals surface area contributed by atoms with Crippen LogP contribution in [-0.4, -0.2) is 32.0 Å². The third-order valence-corrected chi connectivity index (χ3v) is 4.81. The van der Waals surface area contributed by atoms with E-state index >= 15 is 0 Å². The van der Waals surface area contributed by atoms with E-state index in [0.29, 0.717) is 28.5 Å². The van der Waals surface area contributed by atoms with Crippen molar-refractivity contribution in [2.45, 2.75) is 39.2 Å². The van der Waals surface area contributed by atoms with Gasteiger partial charge in [0.05, 0.1) is 5.69 Å². The van der Waals surface area contributed by atoms with Crippen molar-refractivity contribution in [3.05, 3.63) is 34.9 Å². The first-order valence-electron chi connectivity index (χ1n) is 7.90. The van der Waals surface area contributed by atoms with Gasteiger partial charge >= 0.3 is 0 Å². The van der Waals surface area contributed by atoms with Gasteiger partial charge in [0.2, 0.25) is 0 Å². The highest BCUT2D eigenvalue weighted by Crippen LogP contribution is 2.39. The van der Waals surface area contributed by atoms with Gasteiger partial charge in [0.15, 0.2) is 11.3 Å². The van der Waals surface area contributed by atoms with Crippen molar-refractivity contribution in [3.8, 4) is 0 Å². The van der Waals surface area contributed by atoms with Crippen LogP contribution in [0.2, 0.25) is 0 Å². The van der Waals surface area contributed by atoms with E-state index in [1.165, 1.54) is 11.6 Å². The van der Waals surface area contributed by atoms with Crippen LogP contribution >= 0.6 is 12.6 Å². The number of amides is 1. The molecule has 0 unspecified atom stereocenters. The van der Waals surface area contributed by atoms with Gasteiger partial charge in [-0.25, -0.2) is 9.97 Å². The number of aryl methyl sites for hydroxylation is 1. The molecule has 0 bridgehead atoms. The zero-order valence-electron chi connectivity index (χ0n) is 14.0. The molecule has 1 amide bonds. The number of hydrogen-bond acceptors (Lipinski definition) is 5. The quantitative estimate of drug-likeness (QED) is 0.576. The molecule has 2 aromatic heterocycles. The van der Waals surface area contributed by atoms with Crippen molar-refractivity contribution in [1.82, 2.24) is 19.7 Å². The highest BCUT2D eigenvalue weighted by atomic mass is 32.1. The first-order valence-corrected chi connectivity index (χ1v) is 8.41. The molecule has 7 heteroatoms. The fourth-order valence-electron chi connectivity index (χ4n) is 2.86. The van der Waals surface area contributed by atoms with Crippen LogP contribution in [0.25, 0.3) is 11.2 Å². The van der Waals surface area contributed by atoms with E-state index in [1.54, 1.807) is 10.7 Å². The fourth-order valence-corrected chi connectivity index (χ4v) is 3.07. The molecule has 1 aliphatic carbocycles. The Hall–Kier alpha value is -2.15. The van der Waals surface area contributed by atoms with Crippen LogP contribution in [0.15, 0.2) is 17.8 Å². The van der Waals surface area contributed by atoms with Crippen LogP contribution in [0.1, 0.15) is 48.6 Å². The number of imidazole rings is 1. The Morgan fingerprint density at radius 2 is 2.21 bits per heavy atom. The number of carbonyl (C=O) groups excluding carboxylic acids is 1. The van der Waals surface area contributed by atoms with E-state index in [2.05, 4.69) is 27.9 Å². The number of allylic oxidation sites excluding steroid dienone is 1. The lowest BCUT2D eigenvalue weighted by atomic mass is 9.98. The molecule has 3 rings (SSSR count). The summed E-state index contributed by atoms with van der Waals surface area (Å²) in [5.41, 5.74) is 2.61. The smallest absolute Gasteiger partial charge is 0.274 e. The molecule has 0 saturated heterocycles. The molecule has 0 aromatic carbocycles. The summed E-state index contributed by atoms with van der Waals surface area (Å²) in [6.45, 7) is 6.00. The summed E-state index contributed by atoms with van der Waals surface area (Å²) >= 11 is 4.12. The summed E-state index contributed by atoms with van der Waals surface area (Å²) in [5, 5.41) is 12.1. The average Bonchev–Trinajstić information content (AvgIpc) is 3.29. The predicted molar refractivity (Wildman–Crippen MR) is 97.7 cm³/mol. The summed E-state index contributed by atoms with van der Waals surface area (Å²) in [7, 11) is 0. The lowest BCUT2D eigenvalue weighted by Gasteiger charge is -2.25. The van der Waals surface area contributed by atoms with Crippen LogP contribution in [0, 0.1) is 18.3 Å². The summed E-state index contributed by atoms with van der Waals surface area (Å²) in [5.74, 6) is 0.307. The molecule has 126 valence electrons. The van der Waals surface area contributed by atoms with Crippen molar-refractivity contribution in [3.63, 3.8) is 0 Å². The molecule has 24 heavy (non-hydrogen) atoms. The van der Waals surface area contributed by atoms with Gasteiger partial charge in [0.25, 0.3) is 5.91 Å². The minimum atomic E-state index is -0.245. The van der Waals surface area contributed by atoms with Gasteiger partial charge in [0, 0.05) is 23.0 Å². The van der Waals surface area contributed by atoms with Crippen molar-refractivity contribution < 1.29 is 4.79 Å². The van der Waals surface area contributed by atoms with Crippen LogP contribution in [0.5, 0.6) is 0 Å². The second-order valence-corrected chi connectivity index (χ2v) is 7.01. The molecule has 2 aromatic rings. The molecule has 6 nitrogen and oxygen atoms in total. The standard InChI is InChI=1S/C17H21N5OS/c1-10-6-13(11(7-18)8-24)20-15-14(19-9-22(10)15)16(23)21-17(2,3)12-4-5-12/h6-9,12,18,24H,4-5H2,1-3H3,(H,21,23)/b11-8+,18-7?. The maximum Gasteiger partial charge on any atom is 0.274 e. The Balaban J connectivity index is 2.02. The molecule has 0 spiro atoms. The summed E-state index contributed by atoms with van der Waals surface area (Å²) in [6, 6.07) is 1.84. The Kier molecular flexibility index (Phi) is 4.21. The van der Waals surface area contributed by atoms with Gasteiger partial charge in [-0.3, -0.25) is 9.20 Å². The number of aromatic nitrogens is 3. The Labute approximate surface area is 146 Å². The fraction of sp³-hybridized carbons (Fsp3) is 0.412. The van der Waals surface area contributed by atoms with Crippen molar-refractivity contribution >= 4 is 36.0 Å². The van der Waals surface area contributed by atoms with Gasteiger partial charge < -0.3 is 10.7 Å². The molecule has 0 aliphatic heterocycles. The lowest BCUT2D eigenvalue weighted by molar-refractivity contribution is 0.0900. The van der Waals surface area contributed by atoms with E-state index in [9.17, 15) is 4.79 Å². The molecule has 0 radical (unpaired) electrons. The Morgan fingerprint density at radius 3 is 2.79 bits per heavy atom. The topological polar surface area (TPSA) is 83.1 Å². The minimum Gasteiger partial charge on any atom is -0.345 e. The van der Waals surface area contributed by atoms with Gasteiger partial charge in [-0.2, -0.15) is 12.6 Å². The predicted octanol–water partition coefficient (Wildman–Crippen LogP) is 2.88. The first-order chi connectivity index (χ1) is 11.4. The second-order valence-electron chi connectivity index (χ2n) is 6.75. The largest absolute Gasteiger partial charge is 0.345 e. The van der Waals surface area contributed by atoms with Crippen LogP contribution in [-0.2, 0) is 0 Å². The van der Waals surface area contributed by atoms with E-state index < -0.39 is 0 Å². The zero-order valence-corrected chi connectivity index (χ0v) is 14.9. The molecule has 2 N–H and O–H groups in total. The maximum atomic E-state index is 12.7. The second kappa shape index (κ2) is 6.05. The average molecular weight is 343 g/mol. The number of thiol groups is 1. The SMILES string of the molecule is Cc1cc(/C(C=N)=C/S)nc2c(C(=O)NC(C)(C)C3CC3)ncn12. The number of carbonyl (C=O) groups is 1. The number of hydrogen-bond donors (Lipinski definition) is 3. The van der Waals surface area contributed by atoms with Gasteiger partial charge in [0.1, 0.15) is 6.33 Å². The zero-order chi connectivity index (χ0) is 17.5. The van der Waals surface area contributed by atoms with Crippen LogP contribution in [0.3, 0.4) is 0 Å². The van der Waals surface area contributed by atoms with Crippen LogP contribution < -0.4 is 5.32 Å². The van der Waals surface area contributed by atoms with Crippen molar-refractivity contribution in [2.24, 2.45) is 5.92 Å². The van der Waals surface area contributed by atoms with Gasteiger partial charge in [-0.15, -0.1) is 0 Å². The highest BCUT2D eigenvalue weighted by Gasteiger charge is 2.39. The van der Waals surface area contributed by atoms with Gasteiger partial charge in [-0.05, 0) is 51.0 Å². The van der Waals surface area contributed by atoms with Crippen LogP contribution in [0.4, 0.5) is 0 Å². The molecule has 0 atom stereocenters. The highest BCUT2D eigenvalue weighted by molar-refractivity contribution is 7.83. The van der Waals surface area contributed by atoms with Crippen molar-refractivity contribution in [1.29, 1.82) is 5.41 Å². The van der Waals surface area contributed by atoms with Gasteiger partial charge in [-0.1, -0.05) is 0 Å². The Bertz CT molecular complexity index is 848. The van der Waals surface area contributed by atoms with E-state index in [-0.39, 0.29) is 11.4 Å². The van der Waals surface area contributed by atoms with E-state index in [0.717, 1.165) is 18.5 Å². The monoisotopic (exact) mass is 343 g/mol. The third kappa shape index (κ3) is 2.96. The summed E-state index contributed by atoms with van der Waals surface area (Å²) in [6.07, 6.45) is 5.09. The van der Waals surface area contributed by atoms with Crippen molar-refractivity contribution in [2.75, 3.05) is 0 Å². The normalized spacial score (nSPS) is 15.6. The molecule has 1 aliphatic rings. The number of nitrogens with one attached hydrogen (secondary N) is 2. The van der Waals surface area contributed by atoms with E-state index in [4.69, 9.17) is 5.41 Å². The maximum absolute atomic E-state index is 12.7. The third-order valence-electron chi connectivity index (χ3n) is 4.53. The summed E-state index contributed by atoms with van der Waals surface area (Å²) in [4.78, 5) is 21.5. The number of fused-ring (bicyclic) bond motifs is 1. The number of nitrogens with zero attached hydrogens (tertiary/aromatic N) is 3. The molecular weight excluding hydrogens is 322 g/mol. The van der Waals surface area contributed by atoms with E-state index in [1.807, 2.05) is 26.8 Å². The first kappa shape index (κ1) is 16.7. The lowest BCUT2D eigenvalue weighted by Crippen LogP contribution is -2.45. The Morgan fingerprint density at radius 1 is 1.50 bits per heavy atom. The minimum absolute atomic E-state index is 0.218. The molecule has 1 fully saturated rings. The number of rotatable bonds is 5. The molecule has 1 saturated carbocycles. The molecule has 2 heterocycles. The summed E-state index contributed by atoms with van der Waals surface area (Å²) < 4.78 is 1.78.